The number of nitrogens with zero attached hydrogens (tertiary/aromatic N) is 1. The third-order valence-corrected chi connectivity index (χ3v) is 2.77. The van der Waals surface area contributed by atoms with Gasteiger partial charge in [0.05, 0.1) is 11.7 Å². The van der Waals surface area contributed by atoms with E-state index in [0.717, 1.165) is 11.9 Å². The van der Waals surface area contributed by atoms with Gasteiger partial charge >= 0.3 is 0 Å². The summed E-state index contributed by atoms with van der Waals surface area (Å²) in [7, 11) is 0. The number of aromatic nitrogens is 1. The predicted molar refractivity (Wildman–Crippen MR) is 55.9 cm³/mol. The van der Waals surface area contributed by atoms with Crippen molar-refractivity contribution in [2.75, 3.05) is 6.54 Å². The van der Waals surface area contributed by atoms with Gasteiger partial charge in [-0.25, -0.2) is 0 Å². The molecule has 0 bridgehead atoms. The van der Waals surface area contributed by atoms with Crippen LogP contribution < -0.4 is 5.32 Å². The average Bonchev–Trinajstić information content (AvgIpc) is 2.16. The molecular weight excluding hydrogens is 172 g/mol. The maximum Gasteiger partial charge on any atom is 0.0652 e. The van der Waals surface area contributed by atoms with E-state index in [2.05, 4.69) is 22.4 Å². The normalized spacial score (nSPS) is 20.7. The molecule has 1 saturated heterocycles. The molecule has 1 aromatic carbocycles. The van der Waals surface area contributed by atoms with Crippen LogP contribution in [-0.2, 0) is 0 Å². The Morgan fingerprint density at radius 3 is 3.14 bits per heavy atom. The topological polar surface area (TPSA) is 24.9 Å². The highest BCUT2D eigenvalue weighted by molar-refractivity contribution is 5.84. The molecule has 1 aliphatic rings. The average molecular weight is 183 g/mol. The number of fused-ring (bicyclic) bond motifs is 1. The third kappa shape index (κ3) is 1.11. The van der Waals surface area contributed by atoms with Crippen LogP contribution in [0, 0.1) is 6.07 Å². The van der Waals surface area contributed by atoms with Gasteiger partial charge in [0.25, 0.3) is 0 Å². The Balaban J connectivity index is 2.22. The molecule has 2 nitrogen and oxygen atoms in total. The fourth-order valence-corrected chi connectivity index (χ4v) is 1.87. The van der Waals surface area contributed by atoms with E-state index in [1.165, 1.54) is 17.5 Å². The Morgan fingerprint density at radius 2 is 2.36 bits per heavy atom. The van der Waals surface area contributed by atoms with Crippen molar-refractivity contribution in [3.63, 3.8) is 0 Å². The van der Waals surface area contributed by atoms with Crippen LogP contribution in [0.25, 0.3) is 10.8 Å². The van der Waals surface area contributed by atoms with E-state index in [1.807, 2.05) is 24.4 Å². The Morgan fingerprint density at radius 1 is 1.43 bits per heavy atom. The summed E-state index contributed by atoms with van der Waals surface area (Å²) in [6.45, 7) is 1.11. The zero-order valence-corrected chi connectivity index (χ0v) is 7.83. The van der Waals surface area contributed by atoms with E-state index in [9.17, 15) is 0 Å². The van der Waals surface area contributed by atoms with Crippen LogP contribution >= 0.6 is 0 Å². The fraction of sp³-hybridized carbons (Fsp3) is 0.250. The monoisotopic (exact) mass is 183 g/mol. The minimum Gasteiger partial charge on any atom is -0.308 e. The summed E-state index contributed by atoms with van der Waals surface area (Å²) in [5.41, 5.74) is 1.17. The lowest BCUT2D eigenvalue weighted by Crippen LogP contribution is -2.35. The first-order chi connectivity index (χ1) is 6.95. The SMILES string of the molecule is [c]1cccc2c(C3CCN3)nccc12. The molecule has 0 spiro atoms. The minimum absolute atomic E-state index is 0.453. The van der Waals surface area contributed by atoms with Gasteiger partial charge in [-0.15, -0.1) is 0 Å². The van der Waals surface area contributed by atoms with Crippen molar-refractivity contribution in [1.82, 2.24) is 10.3 Å². The van der Waals surface area contributed by atoms with Gasteiger partial charge < -0.3 is 5.32 Å². The fourth-order valence-electron chi connectivity index (χ4n) is 1.87. The molecule has 3 rings (SSSR count). The van der Waals surface area contributed by atoms with Gasteiger partial charge in [0.2, 0.25) is 0 Å². The van der Waals surface area contributed by atoms with Crippen molar-refractivity contribution in [3.05, 3.63) is 42.2 Å². The Labute approximate surface area is 83.0 Å². The molecular formula is C12H11N2. The number of pyridine rings is 1. The molecule has 1 aliphatic heterocycles. The highest BCUT2D eigenvalue weighted by Gasteiger charge is 2.21. The molecule has 1 fully saturated rings. The van der Waals surface area contributed by atoms with Crippen LogP contribution in [-0.4, -0.2) is 11.5 Å². The molecule has 2 aromatic rings. The molecule has 2 heterocycles. The van der Waals surface area contributed by atoms with Crippen molar-refractivity contribution < 1.29 is 0 Å². The lowest BCUT2D eigenvalue weighted by atomic mass is 9.98. The molecule has 0 saturated carbocycles. The Hall–Kier alpha value is -1.41. The molecule has 0 amide bonds. The van der Waals surface area contributed by atoms with Crippen LogP contribution in [0.3, 0.4) is 0 Å². The smallest absolute Gasteiger partial charge is 0.0652 e. The molecule has 1 radical (unpaired) electrons. The minimum atomic E-state index is 0.453. The Kier molecular flexibility index (Phi) is 1.74. The van der Waals surface area contributed by atoms with Gasteiger partial charge in [-0.05, 0) is 30.5 Å². The van der Waals surface area contributed by atoms with E-state index in [0.29, 0.717) is 6.04 Å². The molecule has 1 atom stereocenters. The highest BCUT2D eigenvalue weighted by Crippen LogP contribution is 2.27. The number of benzene rings is 1. The molecule has 1 N–H and O–H groups in total. The molecule has 14 heavy (non-hydrogen) atoms. The molecule has 1 unspecified atom stereocenters. The van der Waals surface area contributed by atoms with Crippen molar-refractivity contribution in [2.45, 2.75) is 12.5 Å². The van der Waals surface area contributed by atoms with E-state index in [4.69, 9.17) is 0 Å². The second-order valence-electron chi connectivity index (χ2n) is 3.62. The van der Waals surface area contributed by atoms with E-state index >= 15 is 0 Å². The third-order valence-electron chi connectivity index (χ3n) is 2.77. The van der Waals surface area contributed by atoms with E-state index in [-0.39, 0.29) is 0 Å². The zero-order chi connectivity index (χ0) is 9.38. The maximum absolute atomic E-state index is 4.45. The van der Waals surface area contributed by atoms with Crippen LogP contribution in [0.15, 0.2) is 30.5 Å². The number of hydrogen-bond donors (Lipinski definition) is 1. The largest absolute Gasteiger partial charge is 0.308 e. The first kappa shape index (κ1) is 7.94. The first-order valence-corrected chi connectivity index (χ1v) is 4.94. The summed E-state index contributed by atoms with van der Waals surface area (Å²) in [5, 5.41) is 5.76. The lowest BCUT2D eigenvalue weighted by molar-refractivity contribution is 0.378. The van der Waals surface area contributed by atoms with Crippen molar-refractivity contribution in [3.8, 4) is 0 Å². The van der Waals surface area contributed by atoms with Gasteiger partial charge in [-0.1, -0.05) is 18.2 Å². The van der Waals surface area contributed by atoms with Gasteiger partial charge in [0.1, 0.15) is 0 Å². The van der Waals surface area contributed by atoms with Gasteiger partial charge in [0, 0.05) is 11.6 Å². The number of nitrogens with one attached hydrogen (secondary N) is 1. The molecule has 0 aliphatic carbocycles. The quantitative estimate of drug-likeness (QED) is 0.732. The van der Waals surface area contributed by atoms with Gasteiger partial charge in [-0.3, -0.25) is 4.98 Å². The Bertz CT molecular complexity index is 455. The summed E-state index contributed by atoms with van der Waals surface area (Å²) < 4.78 is 0. The van der Waals surface area contributed by atoms with Gasteiger partial charge in [0.15, 0.2) is 0 Å². The van der Waals surface area contributed by atoms with Crippen molar-refractivity contribution in [1.29, 1.82) is 0 Å². The standard InChI is InChI=1S/C12H11N2/c1-2-4-10-9(3-1)5-7-14-12(10)11-6-8-13-11/h1-2,4-5,7,11,13H,6,8H2. The van der Waals surface area contributed by atoms with Gasteiger partial charge in [-0.2, -0.15) is 0 Å². The van der Waals surface area contributed by atoms with E-state index in [1.54, 1.807) is 0 Å². The van der Waals surface area contributed by atoms with Crippen LogP contribution in [0.2, 0.25) is 0 Å². The molecule has 69 valence electrons. The summed E-state index contributed by atoms with van der Waals surface area (Å²) >= 11 is 0. The van der Waals surface area contributed by atoms with Crippen molar-refractivity contribution in [2.24, 2.45) is 0 Å². The van der Waals surface area contributed by atoms with Crippen LogP contribution in [0.1, 0.15) is 18.2 Å². The summed E-state index contributed by atoms with van der Waals surface area (Å²) in [6, 6.07) is 11.8. The number of rotatable bonds is 1. The molecule has 2 heteroatoms. The second-order valence-corrected chi connectivity index (χ2v) is 3.62. The first-order valence-electron chi connectivity index (χ1n) is 4.94. The molecule has 1 aromatic heterocycles. The summed E-state index contributed by atoms with van der Waals surface area (Å²) in [5.74, 6) is 0. The second kappa shape index (κ2) is 3.07. The highest BCUT2D eigenvalue weighted by atomic mass is 15.0. The predicted octanol–water partition coefficient (Wildman–Crippen LogP) is 2.07. The maximum atomic E-state index is 4.45. The summed E-state index contributed by atoms with van der Waals surface area (Å²) in [6.07, 6.45) is 3.06. The van der Waals surface area contributed by atoms with Crippen molar-refractivity contribution >= 4 is 10.8 Å². The van der Waals surface area contributed by atoms with Crippen LogP contribution in [0.5, 0.6) is 0 Å². The van der Waals surface area contributed by atoms with E-state index < -0.39 is 0 Å². The van der Waals surface area contributed by atoms with Crippen LogP contribution in [0.4, 0.5) is 0 Å². The number of hydrogen-bond acceptors (Lipinski definition) is 2. The lowest BCUT2D eigenvalue weighted by Gasteiger charge is -2.27. The summed E-state index contributed by atoms with van der Waals surface area (Å²) in [4.78, 5) is 4.45. The zero-order valence-electron chi connectivity index (χ0n) is 7.83.